The van der Waals surface area contributed by atoms with Crippen LogP contribution in [0.25, 0.3) is 0 Å². The predicted molar refractivity (Wildman–Crippen MR) is 98.8 cm³/mol. The quantitative estimate of drug-likeness (QED) is 0.651. The summed E-state index contributed by atoms with van der Waals surface area (Å²) in [5.74, 6) is 0.388. The number of amides is 1. The van der Waals surface area contributed by atoms with Crippen LogP contribution in [0.5, 0.6) is 5.75 Å². The Balaban J connectivity index is 1.55. The van der Waals surface area contributed by atoms with E-state index < -0.39 is 5.97 Å². The molecule has 2 aromatic carbocycles. The summed E-state index contributed by atoms with van der Waals surface area (Å²) in [7, 11) is 0. The van der Waals surface area contributed by atoms with Gasteiger partial charge in [-0.15, -0.1) is 0 Å². The van der Waals surface area contributed by atoms with Crippen LogP contribution < -0.4 is 10.1 Å². The molecule has 1 aliphatic rings. The first-order chi connectivity index (χ1) is 13.6. The molecular formula is C20H18N4O4. The molecule has 0 saturated heterocycles. The van der Waals surface area contributed by atoms with Gasteiger partial charge in [-0.25, -0.2) is 9.67 Å². The van der Waals surface area contributed by atoms with E-state index in [-0.39, 0.29) is 25.1 Å². The fraction of sp³-hybridized carbons (Fsp3) is 0.200. The van der Waals surface area contributed by atoms with Gasteiger partial charge in [0.25, 0.3) is 5.91 Å². The number of aliphatic carboxylic acids is 1. The van der Waals surface area contributed by atoms with E-state index in [2.05, 4.69) is 15.4 Å². The zero-order valence-electron chi connectivity index (χ0n) is 14.9. The first-order valence-corrected chi connectivity index (χ1v) is 8.82. The predicted octanol–water partition coefficient (Wildman–Crippen LogP) is 1.97. The van der Waals surface area contributed by atoms with Crippen molar-refractivity contribution in [2.75, 3.05) is 0 Å². The van der Waals surface area contributed by atoms with Crippen molar-refractivity contribution in [3.05, 3.63) is 77.4 Å². The Morgan fingerprint density at radius 3 is 2.68 bits per heavy atom. The number of rotatable bonds is 7. The third-order valence-corrected chi connectivity index (χ3v) is 4.46. The van der Waals surface area contributed by atoms with Crippen LogP contribution in [0.3, 0.4) is 0 Å². The summed E-state index contributed by atoms with van der Waals surface area (Å²) in [5, 5.41) is 16.4. The summed E-state index contributed by atoms with van der Waals surface area (Å²) in [4.78, 5) is 27.8. The highest BCUT2D eigenvalue weighted by Gasteiger charge is 2.29. The highest BCUT2D eigenvalue weighted by molar-refractivity contribution is 5.99. The van der Waals surface area contributed by atoms with Crippen LogP contribution in [0.2, 0.25) is 0 Å². The maximum atomic E-state index is 12.1. The molecule has 142 valence electrons. The largest absolute Gasteiger partial charge is 0.486 e. The SMILES string of the molecule is O=C(O)Cn1nc(COc2ccccc2)nc1C[C@@H]1NC(=O)c2ccccc21. The maximum Gasteiger partial charge on any atom is 0.325 e. The Morgan fingerprint density at radius 1 is 1.14 bits per heavy atom. The number of hydrogen-bond acceptors (Lipinski definition) is 5. The van der Waals surface area contributed by atoms with Gasteiger partial charge in [0.2, 0.25) is 0 Å². The van der Waals surface area contributed by atoms with Gasteiger partial charge in [-0.05, 0) is 23.8 Å². The van der Waals surface area contributed by atoms with Crippen molar-refractivity contribution < 1.29 is 19.4 Å². The number of aromatic nitrogens is 3. The van der Waals surface area contributed by atoms with Crippen molar-refractivity contribution in [1.29, 1.82) is 0 Å². The summed E-state index contributed by atoms with van der Waals surface area (Å²) in [6.45, 7) is -0.187. The minimum absolute atomic E-state index is 0.122. The molecule has 2 heterocycles. The number of carboxylic acid groups (broad SMARTS) is 1. The van der Waals surface area contributed by atoms with E-state index in [1.807, 2.05) is 48.5 Å². The van der Waals surface area contributed by atoms with Crippen LogP contribution in [0.1, 0.15) is 33.6 Å². The molecule has 2 N–H and O–H groups in total. The van der Waals surface area contributed by atoms with E-state index in [1.165, 1.54) is 4.68 Å². The number of nitrogens with one attached hydrogen (secondary N) is 1. The van der Waals surface area contributed by atoms with Gasteiger partial charge in [0, 0.05) is 12.0 Å². The second kappa shape index (κ2) is 7.51. The van der Waals surface area contributed by atoms with Gasteiger partial charge < -0.3 is 15.2 Å². The molecule has 0 fully saturated rings. The first kappa shape index (κ1) is 17.7. The molecule has 3 aromatic rings. The smallest absolute Gasteiger partial charge is 0.325 e. The van der Waals surface area contributed by atoms with Crippen LogP contribution >= 0.6 is 0 Å². The van der Waals surface area contributed by atoms with Crippen molar-refractivity contribution >= 4 is 11.9 Å². The molecule has 0 saturated carbocycles. The van der Waals surface area contributed by atoms with E-state index in [9.17, 15) is 14.7 Å². The monoisotopic (exact) mass is 378 g/mol. The Bertz CT molecular complexity index is 1020. The van der Waals surface area contributed by atoms with Crippen molar-refractivity contribution in [1.82, 2.24) is 20.1 Å². The molecule has 0 bridgehead atoms. The number of fused-ring (bicyclic) bond motifs is 1. The highest BCUT2D eigenvalue weighted by Crippen LogP contribution is 2.27. The lowest BCUT2D eigenvalue weighted by molar-refractivity contribution is -0.137. The van der Waals surface area contributed by atoms with Crippen molar-refractivity contribution in [3.8, 4) is 5.75 Å². The fourth-order valence-electron chi connectivity index (χ4n) is 3.22. The number of benzene rings is 2. The topological polar surface area (TPSA) is 106 Å². The molecule has 0 aliphatic carbocycles. The summed E-state index contributed by atoms with van der Waals surface area (Å²) >= 11 is 0. The van der Waals surface area contributed by atoms with Gasteiger partial charge in [-0.2, -0.15) is 5.10 Å². The molecule has 28 heavy (non-hydrogen) atoms. The van der Waals surface area contributed by atoms with Crippen molar-refractivity contribution in [3.63, 3.8) is 0 Å². The molecule has 1 amide bonds. The minimum atomic E-state index is -1.02. The molecule has 8 heteroatoms. The molecular weight excluding hydrogens is 360 g/mol. The van der Waals surface area contributed by atoms with Gasteiger partial charge in [0.05, 0.1) is 6.04 Å². The average molecular weight is 378 g/mol. The summed E-state index contributed by atoms with van der Waals surface area (Å²) in [5.41, 5.74) is 1.50. The molecule has 0 spiro atoms. The lowest BCUT2D eigenvalue weighted by Gasteiger charge is -2.11. The third-order valence-electron chi connectivity index (χ3n) is 4.46. The lowest BCUT2D eigenvalue weighted by atomic mass is 10.0. The van der Waals surface area contributed by atoms with E-state index >= 15 is 0 Å². The van der Waals surface area contributed by atoms with Gasteiger partial charge in [-0.1, -0.05) is 36.4 Å². The summed E-state index contributed by atoms with van der Waals surface area (Å²) < 4.78 is 7.00. The van der Waals surface area contributed by atoms with Crippen LogP contribution in [0.15, 0.2) is 54.6 Å². The minimum Gasteiger partial charge on any atom is -0.486 e. The molecule has 8 nitrogen and oxygen atoms in total. The summed E-state index contributed by atoms with van der Waals surface area (Å²) in [6.07, 6.45) is 0.342. The van der Waals surface area contributed by atoms with Gasteiger partial charge >= 0.3 is 5.97 Å². The average Bonchev–Trinajstić information content (AvgIpc) is 3.22. The number of carboxylic acids is 1. The normalized spacial score (nSPS) is 15.1. The van der Waals surface area contributed by atoms with Gasteiger partial charge in [0.15, 0.2) is 5.82 Å². The molecule has 1 aliphatic heterocycles. The standard InChI is InChI=1S/C20H18N4O4/c25-19(26)11-24-18(10-16-14-8-4-5-9-15(14)20(27)21-16)22-17(23-24)12-28-13-6-2-1-3-7-13/h1-9,16H,10-12H2,(H,21,27)(H,25,26)/t16-/m0/s1. The fourth-order valence-corrected chi connectivity index (χ4v) is 3.22. The number of para-hydroxylation sites is 1. The Kier molecular flexibility index (Phi) is 4.76. The highest BCUT2D eigenvalue weighted by atomic mass is 16.5. The lowest BCUT2D eigenvalue weighted by Crippen LogP contribution is -2.23. The second-order valence-electron chi connectivity index (χ2n) is 6.41. The van der Waals surface area contributed by atoms with Gasteiger partial charge in [0.1, 0.15) is 24.7 Å². The van der Waals surface area contributed by atoms with E-state index in [0.29, 0.717) is 29.4 Å². The number of hydrogen-bond donors (Lipinski definition) is 2. The molecule has 4 rings (SSSR count). The first-order valence-electron chi connectivity index (χ1n) is 8.82. The number of carbonyl (C=O) groups excluding carboxylic acids is 1. The molecule has 1 atom stereocenters. The number of ether oxygens (including phenoxy) is 1. The van der Waals surface area contributed by atoms with Crippen LogP contribution in [-0.2, 0) is 24.4 Å². The van der Waals surface area contributed by atoms with Crippen molar-refractivity contribution in [2.45, 2.75) is 25.6 Å². The van der Waals surface area contributed by atoms with Gasteiger partial charge in [-0.3, -0.25) is 9.59 Å². The van der Waals surface area contributed by atoms with E-state index in [1.54, 1.807) is 6.07 Å². The van der Waals surface area contributed by atoms with Crippen LogP contribution in [0.4, 0.5) is 0 Å². The van der Waals surface area contributed by atoms with E-state index in [0.717, 1.165) is 5.56 Å². The molecule has 0 unspecified atom stereocenters. The Hall–Kier alpha value is -3.68. The Morgan fingerprint density at radius 2 is 1.89 bits per heavy atom. The molecule has 0 radical (unpaired) electrons. The second-order valence-corrected chi connectivity index (χ2v) is 6.41. The number of nitrogens with zero attached hydrogens (tertiary/aromatic N) is 3. The summed E-state index contributed by atoms with van der Waals surface area (Å²) in [6, 6.07) is 16.3. The third kappa shape index (κ3) is 3.71. The van der Waals surface area contributed by atoms with Crippen LogP contribution in [0, 0.1) is 0 Å². The maximum absolute atomic E-state index is 12.1. The number of carbonyl (C=O) groups is 2. The van der Waals surface area contributed by atoms with Crippen LogP contribution in [-0.4, -0.2) is 31.7 Å². The van der Waals surface area contributed by atoms with E-state index in [4.69, 9.17) is 4.74 Å². The zero-order valence-corrected chi connectivity index (χ0v) is 14.9. The molecule has 1 aromatic heterocycles. The van der Waals surface area contributed by atoms with Crippen molar-refractivity contribution in [2.24, 2.45) is 0 Å². The zero-order chi connectivity index (χ0) is 19.5. The Labute approximate surface area is 160 Å².